The fourth-order valence-corrected chi connectivity index (χ4v) is 6.81. The summed E-state index contributed by atoms with van der Waals surface area (Å²) in [5, 5.41) is 13.8. The van der Waals surface area contributed by atoms with Gasteiger partial charge in [-0.15, -0.1) is 0 Å². The molecule has 2 saturated heterocycles. The Hall–Kier alpha value is -3.71. The fourth-order valence-electron chi connectivity index (χ4n) is 5.58. The number of amides is 3. The Labute approximate surface area is 258 Å². The average molecular weight is 631 g/mol. The van der Waals surface area contributed by atoms with Gasteiger partial charge in [-0.05, 0) is 75.3 Å². The van der Waals surface area contributed by atoms with Crippen LogP contribution in [0.4, 0.5) is 4.79 Å². The van der Waals surface area contributed by atoms with Gasteiger partial charge in [0.1, 0.15) is 11.6 Å². The summed E-state index contributed by atoms with van der Waals surface area (Å²) in [4.78, 5) is 53.8. The quantitative estimate of drug-likeness (QED) is 0.381. The maximum absolute atomic E-state index is 13.5. The zero-order valence-electron chi connectivity index (χ0n) is 25.5. The van der Waals surface area contributed by atoms with Crippen molar-refractivity contribution in [1.82, 2.24) is 19.8 Å². The zero-order valence-corrected chi connectivity index (χ0v) is 26.3. The minimum atomic E-state index is -4.22. The summed E-state index contributed by atoms with van der Waals surface area (Å²) in [7, 11) is -4.22. The van der Waals surface area contributed by atoms with E-state index in [1.54, 1.807) is 43.9 Å². The van der Waals surface area contributed by atoms with Gasteiger partial charge in [0.25, 0.3) is 0 Å². The number of ether oxygens (including phenoxy) is 1. The van der Waals surface area contributed by atoms with Crippen molar-refractivity contribution in [3.63, 3.8) is 0 Å². The molecule has 3 atom stereocenters. The van der Waals surface area contributed by atoms with Gasteiger partial charge in [0.15, 0.2) is 0 Å². The molecule has 13 heteroatoms. The van der Waals surface area contributed by atoms with Gasteiger partial charge in [-0.1, -0.05) is 30.3 Å². The number of carboxylic acid groups (broad SMARTS) is 1. The number of benzene rings is 2. The number of carbonyl (C=O) groups excluding carboxylic acids is 3. The molecular formula is C31H42N4O8S. The Morgan fingerprint density at radius 1 is 0.977 bits per heavy atom. The van der Waals surface area contributed by atoms with E-state index >= 15 is 0 Å². The van der Waals surface area contributed by atoms with Gasteiger partial charge >= 0.3 is 12.1 Å². The van der Waals surface area contributed by atoms with Crippen LogP contribution in [0.5, 0.6) is 0 Å². The average Bonchev–Trinajstić information content (AvgIpc) is 2.98. The number of piperidine rings is 2. The molecule has 240 valence electrons. The molecule has 4 rings (SSSR count). The van der Waals surface area contributed by atoms with Gasteiger partial charge < -0.3 is 25.0 Å². The summed E-state index contributed by atoms with van der Waals surface area (Å²) in [6.45, 7) is 6.78. The number of carboxylic acids is 1. The first kappa shape index (κ1) is 33.2. The Kier molecular flexibility index (Phi) is 10.5. The predicted octanol–water partition coefficient (Wildman–Crippen LogP) is 2.96. The van der Waals surface area contributed by atoms with Crippen molar-refractivity contribution >= 4 is 44.7 Å². The van der Waals surface area contributed by atoms with Crippen molar-refractivity contribution in [2.75, 3.05) is 32.7 Å². The second-order valence-electron chi connectivity index (χ2n) is 12.6. The van der Waals surface area contributed by atoms with Crippen molar-refractivity contribution in [3.05, 3.63) is 42.5 Å². The molecule has 2 heterocycles. The molecule has 0 unspecified atom stereocenters. The fraction of sp³-hybridized carbons (Fsp3) is 0.548. The number of hydrogen-bond acceptors (Lipinski definition) is 7. The first-order valence-corrected chi connectivity index (χ1v) is 16.5. The molecule has 2 aromatic carbocycles. The lowest BCUT2D eigenvalue weighted by molar-refractivity contribution is -0.146. The lowest BCUT2D eigenvalue weighted by Crippen LogP contribution is -2.52. The lowest BCUT2D eigenvalue weighted by atomic mass is 9.97. The first-order chi connectivity index (χ1) is 20.7. The van der Waals surface area contributed by atoms with E-state index in [2.05, 4.69) is 10.0 Å². The highest BCUT2D eigenvalue weighted by atomic mass is 32.2. The molecule has 0 saturated carbocycles. The number of likely N-dealkylation sites (tertiary alicyclic amines) is 2. The normalized spacial score (nSPS) is 20.2. The standard InChI is InChI=1S/C31H42N4O8S/c1-31(2,3)43-30(40)35-15-6-8-21(19-35)18-32-28(37)26(17-27(36)34-14-7-11-24(20-34)29(38)39)33-44(41,42)25-13-12-22-9-4-5-10-23(22)16-25/h4-5,9-10,12-13,16,21,24,26,33H,6-8,11,14-15,17-20H2,1-3H3,(H,32,37)(H,38,39)/t21-,24-,26+/m0/s1. The lowest BCUT2D eigenvalue weighted by Gasteiger charge is -2.34. The largest absolute Gasteiger partial charge is 0.481 e. The summed E-state index contributed by atoms with van der Waals surface area (Å²) >= 11 is 0. The number of rotatable bonds is 9. The molecule has 0 radical (unpaired) electrons. The van der Waals surface area contributed by atoms with Gasteiger partial charge in [0, 0.05) is 32.7 Å². The molecule has 44 heavy (non-hydrogen) atoms. The number of nitrogens with zero attached hydrogens (tertiary/aromatic N) is 2. The van der Waals surface area contributed by atoms with Gasteiger partial charge in [-0.25, -0.2) is 13.2 Å². The number of sulfonamides is 1. The van der Waals surface area contributed by atoms with Crippen LogP contribution < -0.4 is 10.0 Å². The molecule has 0 aromatic heterocycles. The van der Waals surface area contributed by atoms with Crippen LogP contribution in [0.25, 0.3) is 10.8 Å². The number of nitrogens with one attached hydrogen (secondary N) is 2. The van der Waals surface area contributed by atoms with Crippen molar-refractivity contribution in [2.45, 2.75) is 69.4 Å². The smallest absolute Gasteiger partial charge is 0.410 e. The second-order valence-corrected chi connectivity index (χ2v) is 14.3. The maximum atomic E-state index is 13.5. The molecule has 2 aliphatic heterocycles. The van der Waals surface area contributed by atoms with Crippen molar-refractivity contribution in [2.24, 2.45) is 11.8 Å². The molecule has 0 aliphatic carbocycles. The van der Waals surface area contributed by atoms with E-state index in [1.807, 2.05) is 12.1 Å². The summed E-state index contributed by atoms with van der Waals surface area (Å²) in [6.07, 6.45) is 1.50. The van der Waals surface area contributed by atoms with Gasteiger partial charge in [-0.2, -0.15) is 4.72 Å². The third-order valence-electron chi connectivity index (χ3n) is 7.88. The Balaban J connectivity index is 1.48. The maximum Gasteiger partial charge on any atom is 0.410 e. The van der Waals surface area contributed by atoms with Crippen molar-refractivity contribution in [3.8, 4) is 0 Å². The first-order valence-electron chi connectivity index (χ1n) is 15.0. The van der Waals surface area contributed by atoms with Gasteiger partial charge in [0.2, 0.25) is 21.8 Å². The highest BCUT2D eigenvalue weighted by molar-refractivity contribution is 7.89. The zero-order chi connectivity index (χ0) is 32.1. The summed E-state index contributed by atoms with van der Waals surface area (Å²) in [5.41, 5.74) is -0.640. The number of aliphatic carboxylic acids is 1. The van der Waals surface area contributed by atoms with E-state index in [1.165, 1.54) is 17.0 Å². The van der Waals surface area contributed by atoms with Crippen LogP contribution in [0.1, 0.15) is 52.9 Å². The summed E-state index contributed by atoms with van der Waals surface area (Å²) in [6, 6.07) is 10.4. The van der Waals surface area contributed by atoms with E-state index in [9.17, 15) is 32.7 Å². The molecule has 2 fully saturated rings. The van der Waals surface area contributed by atoms with E-state index in [0.717, 1.165) is 18.2 Å². The molecule has 2 aliphatic rings. The van der Waals surface area contributed by atoms with Crippen LogP contribution in [0.2, 0.25) is 0 Å². The van der Waals surface area contributed by atoms with Crippen molar-refractivity contribution < 1.29 is 37.4 Å². The molecule has 3 N–H and O–H groups in total. The Bertz CT molecular complexity index is 1490. The monoisotopic (exact) mass is 630 g/mol. The van der Waals surface area contributed by atoms with E-state index in [-0.39, 0.29) is 23.9 Å². The third-order valence-corrected chi connectivity index (χ3v) is 9.35. The molecule has 3 amide bonds. The van der Waals surface area contributed by atoms with Crippen LogP contribution >= 0.6 is 0 Å². The number of hydrogen-bond donors (Lipinski definition) is 3. The minimum absolute atomic E-state index is 0.00248. The van der Waals surface area contributed by atoms with Crippen LogP contribution in [-0.4, -0.2) is 91.6 Å². The molecule has 12 nitrogen and oxygen atoms in total. The minimum Gasteiger partial charge on any atom is -0.481 e. The van der Waals surface area contributed by atoms with Gasteiger partial charge in [0.05, 0.1) is 17.2 Å². The SMILES string of the molecule is CC(C)(C)OC(=O)N1CCC[C@@H](CNC(=O)[C@@H](CC(=O)N2CCC[C@H](C(=O)O)C2)NS(=O)(=O)c2ccc3ccccc3c2)C1. The highest BCUT2D eigenvalue weighted by Crippen LogP contribution is 2.22. The van der Waals surface area contributed by atoms with Crippen LogP contribution in [0, 0.1) is 11.8 Å². The van der Waals surface area contributed by atoms with Crippen LogP contribution in [0.3, 0.4) is 0 Å². The third kappa shape index (κ3) is 8.91. The van der Waals surface area contributed by atoms with E-state index in [0.29, 0.717) is 37.9 Å². The van der Waals surface area contributed by atoms with Gasteiger partial charge in [-0.3, -0.25) is 14.4 Å². The summed E-state index contributed by atoms with van der Waals surface area (Å²) < 4.78 is 34.9. The van der Waals surface area contributed by atoms with E-state index in [4.69, 9.17) is 4.74 Å². The highest BCUT2D eigenvalue weighted by Gasteiger charge is 2.34. The number of fused-ring (bicyclic) bond motifs is 1. The molecule has 0 spiro atoms. The predicted molar refractivity (Wildman–Crippen MR) is 163 cm³/mol. The second kappa shape index (κ2) is 13.9. The van der Waals surface area contributed by atoms with Crippen LogP contribution in [0.15, 0.2) is 47.4 Å². The Morgan fingerprint density at radius 2 is 1.66 bits per heavy atom. The van der Waals surface area contributed by atoms with E-state index < -0.39 is 57.9 Å². The molecule has 0 bridgehead atoms. The topological polar surface area (TPSA) is 162 Å². The number of carbonyl (C=O) groups is 4. The van der Waals surface area contributed by atoms with Crippen LogP contribution in [-0.2, 0) is 29.1 Å². The molecule has 2 aromatic rings. The Morgan fingerprint density at radius 3 is 2.36 bits per heavy atom. The van der Waals surface area contributed by atoms with Crippen molar-refractivity contribution in [1.29, 1.82) is 0 Å². The molecular weight excluding hydrogens is 588 g/mol. The summed E-state index contributed by atoms with van der Waals surface area (Å²) in [5.74, 6) is -2.99.